The highest BCUT2D eigenvalue weighted by Crippen LogP contribution is 2.47. The molecule has 1 aliphatic carbocycles. The highest BCUT2D eigenvalue weighted by atomic mass is 16.4. The molecule has 1 rings (SSSR count). The first-order valence-electron chi connectivity index (χ1n) is 4.50. The van der Waals surface area contributed by atoms with E-state index in [-0.39, 0.29) is 5.92 Å². The Balaban J connectivity index is 2.64. The minimum Gasteiger partial charge on any atom is -0.481 e. The molecule has 0 spiro atoms. The van der Waals surface area contributed by atoms with Crippen molar-refractivity contribution in [2.45, 2.75) is 0 Å². The lowest BCUT2D eigenvalue weighted by Crippen LogP contribution is -2.37. The number of hydrogen-bond donors (Lipinski definition) is 2. The second kappa shape index (κ2) is 3.24. The molecular formula is C9H16NO4+. The van der Waals surface area contributed by atoms with E-state index in [1.807, 2.05) is 21.1 Å². The zero-order chi connectivity index (χ0) is 11.1. The van der Waals surface area contributed by atoms with Crippen LogP contribution in [0.25, 0.3) is 0 Å². The third-order valence-electron chi connectivity index (χ3n) is 2.50. The lowest BCUT2D eigenvalue weighted by Gasteiger charge is -2.23. The predicted octanol–water partition coefficient (Wildman–Crippen LogP) is -0.276. The van der Waals surface area contributed by atoms with Crippen LogP contribution >= 0.6 is 0 Å². The van der Waals surface area contributed by atoms with Gasteiger partial charge in [0.05, 0.1) is 39.5 Å². The summed E-state index contributed by atoms with van der Waals surface area (Å²) in [5.41, 5.74) is 0. The molecule has 5 heteroatoms. The fourth-order valence-electron chi connectivity index (χ4n) is 1.91. The maximum Gasteiger partial charge on any atom is 0.307 e. The van der Waals surface area contributed by atoms with E-state index in [4.69, 9.17) is 10.2 Å². The van der Waals surface area contributed by atoms with Crippen LogP contribution in [0.1, 0.15) is 0 Å². The van der Waals surface area contributed by atoms with E-state index in [9.17, 15) is 9.59 Å². The zero-order valence-corrected chi connectivity index (χ0v) is 8.60. The third kappa shape index (κ3) is 2.23. The fraction of sp³-hybridized carbons (Fsp3) is 0.778. The lowest BCUT2D eigenvalue weighted by atomic mass is 10.3. The number of carboxylic acid groups (broad SMARTS) is 2. The summed E-state index contributed by atoms with van der Waals surface area (Å²) in [6.07, 6.45) is 0. The molecule has 0 saturated heterocycles. The number of carbonyl (C=O) groups is 2. The highest BCUT2D eigenvalue weighted by Gasteiger charge is 2.61. The van der Waals surface area contributed by atoms with Crippen molar-refractivity contribution < 1.29 is 24.3 Å². The van der Waals surface area contributed by atoms with Crippen molar-refractivity contribution in [2.24, 2.45) is 17.8 Å². The van der Waals surface area contributed by atoms with E-state index in [0.717, 1.165) is 0 Å². The second-order valence-electron chi connectivity index (χ2n) is 4.86. The van der Waals surface area contributed by atoms with Crippen LogP contribution < -0.4 is 0 Å². The summed E-state index contributed by atoms with van der Waals surface area (Å²) < 4.78 is 0.595. The van der Waals surface area contributed by atoms with Crippen LogP contribution in [0.15, 0.2) is 0 Å². The molecule has 2 unspecified atom stereocenters. The van der Waals surface area contributed by atoms with Crippen molar-refractivity contribution in [1.82, 2.24) is 0 Å². The van der Waals surface area contributed by atoms with Crippen molar-refractivity contribution in [2.75, 3.05) is 27.7 Å². The van der Waals surface area contributed by atoms with Gasteiger partial charge >= 0.3 is 11.9 Å². The molecule has 2 N–H and O–H groups in total. The first-order valence-corrected chi connectivity index (χ1v) is 4.50. The number of nitrogens with zero attached hydrogens (tertiary/aromatic N) is 1. The standard InChI is InChI=1S/C9H15NO4/c1-10(2,3)4-5-6(8(11)12)7(5)9(13)14/h5-7H,4H2,1-3H3,(H-,11,12,13,14)/p+1/t5?,6-,7?/m1/s1. The average molecular weight is 202 g/mol. The normalized spacial score (nSPS) is 31.2. The molecule has 0 aliphatic heterocycles. The number of hydrogen-bond acceptors (Lipinski definition) is 2. The molecule has 3 atom stereocenters. The summed E-state index contributed by atoms with van der Waals surface area (Å²) in [5, 5.41) is 17.5. The first-order chi connectivity index (χ1) is 6.24. The quantitative estimate of drug-likeness (QED) is 0.615. The van der Waals surface area contributed by atoms with Gasteiger partial charge in [-0.1, -0.05) is 0 Å². The molecule has 0 aromatic heterocycles. The van der Waals surface area contributed by atoms with Crippen molar-refractivity contribution >= 4 is 11.9 Å². The van der Waals surface area contributed by atoms with E-state index in [0.29, 0.717) is 11.0 Å². The lowest BCUT2D eigenvalue weighted by molar-refractivity contribution is -0.872. The van der Waals surface area contributed by atoms with Crippen LogP contribution in [0.2, 0.25) is 0 Å². The second-order valence-corrected chi connectivity index (χ2v) is 4.86. The summed E-state index contributed by atoms with van der Waals surface area (Å²) in [4.78, 5) is 21.4. The first kappa shape index (κ1) is 11.0. The Morgan fingerprint density at radius 3 is 1.64 bits per heavy atom. The van der Waals surface area contributed by atoms with Crippen molar-refractivity contribution in [3.63, 3.8) is 0 Å². The van der Waals surface area contributed by atoms with Crippen molar-refractivity contribution in [3.8, 4) is 0 Å². The smallest absolute Gasteiger partial charge is 0.307 e. The van der Waals surface area contributed by atoms with Crippen molar-refractivity contribution in [1.29, 1.82) is 0 Å². The van der Waals surface area contributed by atoms with Gasteiger partial charge in [0.2, 0.25) is 0 Å². The predicted molar refractivity (Wildman–Crippen MR) is 48.6 cm³/mol. The van der Waals surface area contributed by atoms with E-state index in [2.05, 4.69) is 0 Å². The van der Waals surface area contributed by atoms with Gasteiger partial charge < -0.3 is 14.7 Å². The van der Waals surface area contributed by atoms with Gasteiger partial charge in [-0.2, -0.15) is 0 Å². The molecule has 0 radical (unpaired) electrons. The summed E-state index contributed by atoms with van der Waals surface area (Å²) in [7, 11) is 5.78. The Hall–Kier alpha value is -1.10. The maximum absolute atomic E-state index is 10.7. The topological polar surface area (TPSA) is 74.6 Å². The molecule has 5 nitrogen and oxygen atoms in total. The number of aliphatic carboxylic acids is 2. The summed E-state index contributed by atoms with van der Waals surface area (Å²) >= 11 is 0. The van der Waals surface area contributed by atoms with Crippen LogP contribution in [0.4, 0.5) is 0 Å². The zero-order valence-electron chi connectivity index (χ0n) is 8.60. The molecule has 1 fully saturated rings. The Bertz CT molecular complexity index is 248. The Kier molecular flexibility index (Phi) is 2.54. The monoisotopic (exact) mass is 202 g/mol. The Morgan fingerprint density at radius 2 is 1.43 bits per heavy atom. The van der Waals surface area contributed by atoms with Gasteiger partial charge in [-0.05, 0) is 0 Å². The molecule has 1 saturated carbocycles. The minimum atomic E-state index is -0.990. The van der Waals surface area contributed by atoms with E-state index in [1.165, 1.54) is 0 Å². The van der Waals surface area contributed by atoms with Crippen molar-refractivity contribution in [3.05, 3.63) is 0 Å². The van der Waals surface area contributed by atoms with E-state index < -0.39 is 23.8 Å². The summed E-state index contributed by atoms with van der Waals surface area (Å²) in [6.45, 7) is 0.591. The van der Waals surface area contributed by atoms with Gasteiger partial charge in [0, 0.05) is 5.92 Å². The summed E-state index contributed by atoms with van der Waals surface area (Å²) in [6, 6.07) is 0. The molecule has 0 aromatic rings. The fourth-order valence-corrected chi connectivity index (χ4v) is 1.91. The molecular weight excluding hydrogens is 186 g/mol. The van der Waals surface area contributed by atoms with Gasteiger partial charge in [-0.15, -0.1) is 0 Å². The SMILES string of the molecule is C[N+](C)(C)CC1C(C(=O)O)[C@@H]1C(=O)O. The van der Waals surface area contributed by atoms with Gasteiger partial charge in [0.25, 0.3) is 0 Å². The highest BCUT2D eigenvalue weighted by molar-refractivity contribution is 5.86. The Labute approximate surface area is 82.5 Å². The van der Waals surface area contributed by atoms with Crippen LogP contribution in [-0.4, -0.2) is 54.3 Å². The molecule has 80 valence electrons. The van der Waals surface area contributed by atoms with Gasteiger partial charge in [-0.25, -0.2) is 0 Å². The van der Waals surface area contributed by atoms with Gasteiger partial charge in [0.15, 0.2) is 0 Å². The van der Waals surface area contributed by atoms with Crippen LogP contribution in [0, 0.1) is 17.8 Å². The minimum absolute atomic E-state index is 0.218. The van der Waals surface area contributed by atoms with Gasteiger partial charge in [-0.3, -0.25) is 9.59 Å². The van der Waals surface area contributed by atoms with Crippen LogP contribution in [-0.2, 0) is 9.59 Å². The number of quaternary nitrogens is 1. The summed E-state index contributed by atoms with van der Waals surface area (Å²) in [5.74, 6) is -3.58. The van der Waals surface area contributed by atoms with E-state index in [1.54, 1.807) is 0 Å². The molecule has 0 bridgehead atoms. The molecule has 0 amide bonds. The molecule has 0 heterocycles. The molecule has 1 aliphatic rings. The molecule has 14 heavy (non-hydrogen) atoms. The van der Waals surface area contributed by atoms with Gasteiger partial charge in [0.1, 0.15) is 0 Å². The number of carboxylic acids is 2. The third-order valence-corrected chi connectivity index (χ3v) is 2.50. The Morgan fingerprint density at radius 1 is 1.07 bits per heavy atom. The van der Waals surface area contributed by atoms with Crippen LogP contribution in [0.3, 0.4) is 0 Å². The van der Waals surface area contributed by atoms with Crippen LogP contribution in [0.5, 0.6) is 0 Å². The largest absolute Gasteiger partial charge is 0.481 e. The van der Waals surface area contributed by atoms with E-state index >= 15 is 0 Å². The molecule has 0 aromatic carbocycles. The average Bonchev–Trinajstić information content (AvgIpc) is 2.57. The maximum atomic E-state index is 10.7. The number of rotatable bonds is 4.